The molecule has 1 aromatic carbocycles. The second-order valence-electron chi connectivity index (χ2n) is 6.49. The van der Waals surface area contributed by atoms with Gasteiger partial charge in [-0.2, -0.15) is 0 Å². The lowest BCUT2D eigenvalue weighted by Crippen LogP contribution is -2.41. The van der Waals surface area contributed by atoms with Crippen molar-refractivity contribution in [2.24, 2.45) is 11.8 Å². The van der Waals surface area contributed by atoms with Crippen molar-refractivity contribution in [2.45, 2.75) is 11.7 Å². The van der Waals surface area contributed by atoms with Crippen LogP contribution in [-0.2, 0) is 14.3 Å². The Hall–Kier alpha value is -2.51. The van der Waals surface area contributed by atoms with Crippen LogP contribution in [0.25, 0.3) is 0 Å². The first-order chi connectivity index (χ1) is 12.2. The van der Waals surface area contributed by atoms with Crippen molar-refractivity contribution >= 4 is 34.0 Å². The fourth-order valence-corrected chi connectivity index (χ4v) is 4.63. The average molecular weight is 353 g/mol. The van der Waals surface area contributed by atoms with Gasteiger partial charge in [0.25, 0.3) is 0 Å². The van der Waals surface area contributed by atoms with Gasteiger partial charge in [-0.05, 0) is 12.1 Å². The van der Waals surface area contributed by atoms with Gasteiger partial charge in [0.2, 0.25) is 11.8 Å². The summed E-state index contributed by atoms with van der Waals surface area (Å²) in [6, 6.07) is 9.51. The SMILES string of the molecule is O=C(Nc1nccs1)[C@@H]1[C@H]2C=C[C@]3(CN(c4ccccc4)C(=O)[C@@H]13)O2. The number of ether oxygens (including phenoxy) is 1. The minimum Gasteiger partial charge on any atom is -0.360 e. The van der Waals surface area contributed by atoms with E-state index in [0.717, 1.165) is 5.69 Å². The molecule has 2 bridgehead atoms. The van der Waals surface area contributed by atoms with Gasteiger partial charge in [0.05, 0.1) is 24.5 Å². The van der Waals surface area contributed by atoms with Crippen LogP contribution < -0.4 is 10.2 Å². The molecule has 2 saturated heterocycles. The number of aromatic nitrogens is 1. The molecule has 0 radical (unpaired) electrons. The van der Waals surface area contributed by atoms with Crippen molar-refractivity contribution < 1.29 is 14.3 Å². The number of anilines is 2. The number of benzene rings is 1. The van der Waals surface area contributed by atoms with Crippen LogP contribution in [0.15, 0.2) is 54.1 Å². The number of nitrogens with one attached hydrogen (secondary N) is 1. The Morgan fingerprint density at radius 1 is 1.36 bits per heavy atom. The highest BCUT2D eigenvalue weighted by atomic mass is 32.1. The van der Waals surface area contributed by atoms with Crippen LogP contribution in [0.3, 0.4) is 0 Å². The summed E-state index contributed by atoms with van der Waals surface area (Å²) < 4.78 is 6.11. The molecule has 1 spiro atoms. The number of carbonyl (C=O) groups excluding carboxylic acids is 2. The molecule has 0 unspecified atom stereocenters. The van der Waals surface area contributed by atoms with Crippen molar-refractivity contribution in [3.63, 3.8) is 0 Å². The first-order valence-corrected chi connectivity index (χ1v) is 9.00. The van der Waals surface area contributed by atoms with Crippen LogP contribution >= 0.6 is 11.3 Å². The summed E-state index contributed by atoms with van der Waals surface area (Å²) in [5.74, 6) is -1.30. The number of hydrogen-bond donors (Lipinski definition) is 1. The summed E-state index contributed by atoms with van der Waals surface area (Å²) in [6.45, 7) is 0.439. The monoisotopic (exact) mass is 353 g/mol. The maximum Gasteiger partial charge on any atom is 0.234 e. The molecule has 1 N–H and O–H groups in total. The minimum atomic E-state index is -0.706. The number of hydrogen-bond acceptors (Lipinski definition) is 5. The van der Waals surface area contributed by atoms with E-state index in [1.54, 1.807) is 16.5 Å². The number of thiazole rings is 1. The van der Waals surface area contributed by atoms with E-state index in [4.69, 9.17) is 4.74 Å². The molecule has 5 rings (SSSR count). The number of nitrogens with zero attached hydrogens (tertiary/aromatic N) is 2. The summed E-state index contributed by atoms with van der Waals surface area (Å²) in [7, 11) is 0. The fourth-order valence-electron chi connectivity index (χ4n) is 4.10. The van der Waals surface area contributed by atoms with Crippen LogP contribution in [0.5, 0.6) is 0 Å². The van der Waals surface area contributed by atoms with Gasteiger partial charge >= 0.3 is 0 Å². The van der Waals surface area contributed by atoms with Gasteiger partial charge in [-0.15, -0.1) is 11.3 Å². The molecular weight excluding hydrogens is 338 g/mol. The Balaban J connectivity index is 1.47. The molecule has 3 aliphatic rings. The predicted molar refractivity (Wildman–Crippen MR) is 93.3 cm³/mol. The van der Waals surface area contributed by atoms with Crippen molar-refractivity contribution in [1.29, 1.82) is 0 Å². The molecule has 126 valence electrons. The number of para-hydroxylation sites is 1. The van der Waals surface area contributed by atoms with Crippen LogP contribution in [0.2, 0.25) is 0 Å². The Labute approximate surface area is 148 Å². The van der Waals surface area contributed by atoms with Crippen molar-refractivity contribution in [1.82, 2.24) is 4.98 Å². The van der Waals surface area contributed by atoms with E-state index in [1.165, 1.54) is 11.3 Å². The molecule has 25 heavy (non-hydrogen) atoms. The molecule has 2 aromatic rings. The second-order valence-corrected chi connectivity index (χ2v) is 7.38. The van der Waals surface area contributed by atoms with Crippen LogP contribution in [-0.4, -0.2) is 35.0 Å². The zero-order valence-electron chi connectivity index (χ0n) is 13.2. The van der Waals surface area contributed by atoms with E-state index in [0.29, 0.717) is 11.7 Å². The van der Waals surface area contributed by atoms with E-state index >= 15 is 0 Å². The molecule has 0 aliphatic carbocycles. The van der Waals surface area contributed by atoms with Gasteiger partial charge in [0.1, 0.15) is 5.60 Å². The molecular formula is C18H15N3O3S. The molecule has 0 saturated carbocycles. The van der Waals surface area contributed by atoms with Gasteiger partial charge in [-0.1, -0.05) is 30.4 Å². The third-order valence-electron chi connectivity index (χ3n) is 5.13. The van der Waals surface area contributed by atoms with Gasteiger partial charge < -0.3 is 15.0 Å². The third kappa shape index (κ3) is 2.09. The fraction of sp³-hybridized carbons (Fsp3) is 0.278. The highest BCUT2D eigenvalue weighted by Crippen LogP contribution is 2.52. The molecule has 7 heteroatoms. The lowest BCUT2D eigenvalue weighted by atomic mass is 9.77. The molecule has 6 nitrogen and oxygen atoms in total. The Morgan fingerprint density at radius 2 is 2.20 bits per heavy atom. The molecule has 4 heterocycles. The van der Waals surface area contributed by atoms with Crippen molar-refractivity contribution in [3.8, 4) is 0 Å². The molecule has 1 aromatic heterocycles. The minimum absolute atomic E-state index is 0.0580. The standard InChI is InChI=1S/C18H15N3O3S/c22-15(20-17-19-8-9-25-17)13-12-6-7-18(24-12)10-21(16(23)14(13)18)11-4-2-1-3-5-11/h1-9,12-14H,10H2,(H,19,20,22)/t12-,13-,14-,18-/m1/s1. The third-order valence-corrected chi connectivity index (χ3v) is 5.82. The first kappa shape index (κ1) is 14.8. The summed E-state index contributed by atoms with van der Waals surface area (Å²) in [5.41, 5.74) is 0.124. The quantitative estimate of drug-likeness (QED) is 0.858. The topological polar surface area (TPSA) is 71.5 Å². The van der Waals surface area contributed by atoms with Crippen LogP contribution in [0.4, 0.5) is 10.8 Å². The highest BCUT2D eigenvalue weighted by Gasteiger charge is 2.67. The number of rotatable bonds is 3. The number of carbonyl (C=O) groups is 2. The first-order valence-electron chi connectivity index (χ1n) is 8.12. The highest BCUT2D eigenvalue weighted by molar-refractivity contribution is 7.13. The lowest BCUT2D eigenvalue weighted by Gasteiger charge is -2.22. The zero-order valence-corrected chi connectivity index (χ0v) is 14.0. The summed E-state index contributed by atoms with van der Waals surface area (Å²) >= 11 is 1.35. The summed E-state index contributed by atoms with van der Waals surface area (Å²) in [4.78, 5) is 31.7. The van der Waals surface area contributed by atoms with E-state index in [-0.39, 0.29) is 17.9 Å². The predicted octanol–water partition coefficient (Wildman–Crippen LogP) is 2.07. The largest absolute Gasteiger partial charge is 0.360 e. The second kappa shape index (κ2) is 5.24. The molecule has 2 fully saturated rings. The van der Waals surface area contributed by atoms with Gasteiger partial charge in [0, 0.05) is 17.3 Å². The summed E-state index contributed by atoms with van der Waals surface area (Å²) in [5, 5.41) is 5.15. The van der Waals surface area contributed by atoms with Crippen LogP contribution in [0, 0.1) is 11.8 Å². The average Bonchev–Trinajstić information content (AvgIpc) is 3.38. The number of fused-ring (bicyclic) bond motifs is 1. The Kier molecular flexibility index (Phi) is 3.10. The Morgan fingerprint density at radius 3 is 2.96 bits per heavy atom. The Bertz CT molecular complexity index is 867. The number of amides is 2. The summed E-state index contributed by atoms with van der Waals surface area (Å²) in [6.07, 6.45) is 5.14. The smallest absolute Gasteiger partial charge is 0.234 e. The van der Waals surface area contributed by atoms with Crippen LogP contribution in [0.1, 0.15) is 0 Å². The van der Waals surface area contributed by atoms with Gasteiger partial charge in [-0.25, -0.2) is 4.98 Å². The molecule has 4 atom stereocenters. The van der Waals surface area contributed by atoms with E-state index in [9.17, 15) is 9.59 Å². The normalized spacial score (nSPS) is 32.2. The molecule has 3 aliphatic heterocycles. The van der Waals surface area contributed by atoms with E-state index < -0.39 is 17.4 Å². The van der Waals surface area contributed by atoms with E-state index in [1.807, 2.05) is 42.5 Å². The zero-order chi connectivity index (χ0) is 17.0. The van der Waals surface area contributed by atoms with Gasteiger partial charge in [-0.3, -0.25) is 9.59 Å². The molecule has 2 amide bonds. The maximum atomic E-state index is 13.1. The van der Waals surface area contributed by atoms with E-state index in [2.05, 4.69) is 10.3 Å². The van der Waals surface area contributed by atoms with Crippen molar-refractivity contribution in [2.75, 3.05) is 16.8 Å². The van der Waals surface area contributed by atoms with Gasteiger partial charge in [0.15, 0.2) is 5.13 Å². The van der Waals surface area contributed by atoms with Crippen molar-refractivity contribution in [3.05, 3.63) is 54.1 Å². The maximum absolute atomic E-state index is 13.1. The lowest BCUT2D eigenvalue weighted by molar-refractivity contribution is -0.128.